The number of phenols is 1. The lowest BCUT2D eigenvalue weighted by Crippen LogP contribution is -2.71. The number of ether oxygens (including phenoxy) is 2. The van der Waals surface area contributed by atoms with Crippen molar-refractivity contribution in [3.63, 3.8) is 0 Å². The Bertz CT molecular complexity index is 1240. The normalized spacial score (nSPS) is 32.0. The molecule has 0 saturated carbocycles. The van der Waals surface area contributed by atoms with Crippen LogP contribution in [0.2, 0.25) is 0 Å². The molecular formula is C26H28NO8+. The predicted octanol–water partition coefficient (Wildman–Crippen LogP) is 0.598. The summed E-state index contributed by atoms with van der Waals surface area (Å²) in [5, 5.41) is 32.5. The van der Waals surface area contributed by atoms with E-state index in [1.54, 1.807) is 25.1 Å². The Labute approximate surface area is 201 Å². The zero-order valence-electron chi connectivity index (χ0n) is 19.5. The molecule has 1 fully saturated rings. The maximum atomic E-state index is 13.3. The summed E-state index contributed by atoms with van der Waals surface area (Å²) in [6, 6.07) is 7.56. The lowest BCUT2D eigenvalue weighted by atomic mass is 9.72. The van der Waals surface area contributed by atoms with Crippen molar-refractivity contribution in [2.24, 2.45) is 0 Å². The number of phenolic OH excluding ortho intramolecular Hbond substituents is 1. The zero-order chi connectivity index (χ0) is 25.2. The monoisotopic (exact) mass is 482 g/mol. The van der Waals surface area contributed by atoms with Gasteiger partial charge in [-0.3, -0.25) is 14.4 Å². The van der Waals surface area contributed by atoms with E-state index in [4.69, 9.17) is 9.47 Å². The summed E-state index contributed by atoms with van der Waals surface area (Å²) in [6.45, 7) is 2.95. The van der Waals surface area contributed by atoms with Crippen molar-refractivity contribution in [1.29, 1.82) is 0 Å². The number of ketones is 3. The van der Waals surface area contributed by atoms with Gasteiger partial charge in [0.25, 0.3) is 0 Å². The summed E-state index contributed by atoms with van der Waals surface area (Å²) in [4.78, 5) is 38.9. The summed E-state index contributed by atoms with van der Waals surface area (Å²) in [5.74, 6) is -1.84. The molecule has 35 heavy (non-hydrogen) atoms. The number of hydrogen-bond donors (Lipinski definition) is 4. The molecule has 1 heterocycles. The van der Waals surface area contributed by atoms with Crippen molar-refractivity contribution < 1.29 is 44.9 Å². The van der Waals surface area contributed by atoms with Crippen molar-refractivity contribution >= 4 is 17.3 Å². The van der Waals surface area contributed by atoms with Crippen LogP contribution in [0.3, 0.4) is 0 Å². The number of carbonyl (C=O) groups is 3. The lowest BCUT2D eigenvalue weighted by Gasteiger charge is -2.41. The van der Waals surface area contributed by atoms with Crippen LogP contribution in [0.1, 0.15) is 75.8 Å². The minimum Gasteiger partial charge on any atom is -0.507 e. The first kappa shape index (κ1) is 23.8. The SMILES string of the molecule is CC(=O)[C@]1(O)Cc2c(cc3c(c2O)C(=O)c2ccccc2C3=O)[C@@H](O[C@H]2C[C@H]([NH3+])[C@H](O)[C@H](C)O2)C1. The Balaban J connectivity index is 1.61. The molecule has 0 radical (unpaired) electrons. The fourth-order valence-electron chi connectivity index (χ4n) is 5.36. The number of aliphatic hydroxyl groups is 2. The van der Waals surface area contributed by atoms with Gasteiger partial charge in [-0.2, -0.15) is 0 Å². The summed E-state index contributed by atoms with van der Waals surface area (Å²) in [5.41, 5.74) is 3.06. The molecule has 9 nitrogen and oxygen atoms in total. The molecule has 6 N–H and O–H groups in total. The molecule has 3 aliphatic rings. The van der Waals surface area contributed by atoms with Crippen molar-refractivity contribution in [3.05, 3.63) is 63.7 Å². The van der Waals surface area contributed by atoms with Crippen LogP contribution >= 0.6 is 0 Å². The average molecular weight is 483 g/mol. The Kier molecular flexibility index (Phi) is 5.65. The second-order valence-electron chi connectivity index (χ2n) is 9.77. The van der Waals surface area contributed by atoms with E-state index in [1.165, 1.54) is 19.1 Å². The van der Waals surface area contributed by atoms with Gasteiger partial charge in [-0.05, 0) is 25.5 Å². The third kappa shape index (κ3) is 3.71. The van der Waals surface area contributed by atoms with Crippen LogP contribution in [0, 0.1) is 0 Å². The third-order valence-electron chi connectivity index (χ3n) is 7.46. The molecule has 2 aromatic rings. The largest absolute Gasteiger partial charge is 0.507 e. The molecule has 0 spiro atoms. The van der Waals surface area contributed by atoms with E-state index >= 15 is 0 Å². The fourth-order valence-corrected chi connectivity index (χ4v) is 5.36. The van der Waals surface area contributed by atoms with E-state index in [-0.39, 0.29) is 53.1 Å². The second kappa shape index (κ2) is 8.32. The highest BCUT2D eigenvalue weighted by molar-refractivity contribution is 6.29. The minimum absolute atomic E-state index is 0.0511. The average Bonchev–Trinajstić information content (AvgIpc) is 2.81. The van der Waals surface area contributed by atoms with E-state index < -0.39 is 53.3 Å². The maximum absolute atomic E-state index is 13.3. The van der Waals surface area contributed by atoms with Gasteiger partial charge in [0.2, 0.25) is 0 Å². The topological polar surface area (TPSA) is 158 Å². The van der Waals surface area contributed by atoms with Gasteiger partial charge in [-0.15, -0.1) is 0 Å². The number of rotatable bonds is 3. The van der Waals surface area contributed by atoms with Crippen LogP contribution in [-0.2, 0) is 20.7 Å². The van der Waals surface area contributed by atoms with Crippen LogP contribution in [-0.4, -0.2) is 62.8 Å². The number of fused-ring (bicyclic) bond motifs is 3. The van der Waals surface area contributed by atoms with Gasteiger partial charge >= 0.3 is 0 Å². The van der Waals surface area contributed by atoms with E-state index in [2.05, 4.69) is 5.73 Å². The van der Waals surface area contributed by atoms with Crippen LogP contribution < -0.4 is 5.73 Å². The van der Waals surface area contributed by atoms with E-state index in [0.717, 1.165) is 0 Å². The summed E-state index contributed by atoms with van der Waals surface area (Å²) in [6.07, 6.45) is -3.08. The van der Waals surface area contributed by atoms with Crippen molar-refractivity contribution in [2.45, 2.75) is 69.4 Å². The highest BCUT2D eigenvalue weighted by Crippen LogP contribution is 2.47. The van der Waals surface area contributed by atoms with Crippen LogP contribution in [0.5, 0.6) is 5.75 Å². The molecule has 9 heteroatoms. The van der Waals surface area contributed by atoms with Gasteiger partial charge in [0.15, 0.2) is 23.6 Å². The van der Waals surface area contributed by atoms with E-state index in [0.29, 0.717) is 5.56 Å². The van der Waals surface area contributed by atoms with Crippen molar-refractivity contribution in [3.8, 4) is 5.75 Å². The van der Waals surface area contributed by atoms with E-state index in [1.807, 2.05) is 0 Å². The lowest BCUT2D eigenvalue weighted by molar-refractivity contribution is -0.466. The van der Waals surface area contributed by atoms with Crippen LogP contribution in [0.15, 0.2) is 30.3 Å². The zero-order valence-corrected chi connectivity index (χ0v) is 19.5. The number of aliphatic hydroxyl groups excluding tert-OH is 1. The van der Waals surface area contributed by atoms with Gasteiger partial charge in [0, 0.05) is 35.1 Å². The van der Waals surface area contributed by atoms with Crippen LogP contribution in [0.25, 0.3) is 0 Å². The number of aromatic hydroxyl groups is 1. The first-order chi connectivity index (χ1) is 16.5. The number of quaternary nitrogens is 1. The predicted molar refractivity (Wildman–Crippen MR) is 121 cm³/mol. The molecule has 0 bridgehead atoms. The molecule has 2 aliphatic carbocycles. The first-order valence-electron chi connectivity index (χ1n) is 11.6. The summed E-state index contributed by atoms with van der Waals surface area (Å²) < 4.78 is 12.0. The van der Waals surface area contributed by atoms with Gasteiger partial charge < -0.3 is 30.5 Å². The molecule has 0 amide bonds. The number of Topliss-reactive ketones (excluding diaryl/α,β-unsaturated/α-hetero) is 1. The fraction of sp³-hybridized carbons (Fsp3) is 0.423. The number of carbonyl (C=O) groups excluding carboxylic acids is 3. The Morgan fingerprint density at radius 3 is 2.46 bits per heavy atom. The van der Waals surface area contributed by atoms with E-state index in [9.17, 15) is 29.7 Å². The molecular weight excluding hydrogens is 454 g/mol. The quantitative estimate of drug-likeness (QED) is 0.422. The number of hydrogen-bond acceptors (Lipinski definition) is 8. The highest BCUT2D eigenvalue weighted by Gasteiger charge is 2.47. The van der Waals surface area contributed by atoms with Gasteiger partial charge in [0.05, 0.1) is 24.2 Å². The van der Waals surface area contributed by atoms with Gasteiger partial charge in [-0.25, -0.2) is 0 Å². The van der Waals surface area contributed by atoms with Crippen molar-refractivity contribution in [1.82, 2.24) is 0 Å². The third-order valence-corrected chi connectivity index (χ3v) is 7.46. The second-order valence-corrected chi connectivity index (χ2v) is 9.77. The van der Waals surface area contributed by atoms with Gasteiger partial charge in [0.1, 0.15) is 23.5 Å². The maximum Gasteiger partial charge on any atom is 0.198 e. The standard InChI is InChI=1S/C26H27NO8/c1-11-22(29)18(27)8-20(34-11)35-19-10-26(33,12(2)28)9-17-15(19)7-16-21(25(17)32)24(31)14-6-4-3-5-13(14)23(16)30/h3-7,11,18-20,22,29,32-33H,8-10,27H2,1-2H3/p+1/t11-,18-,19-,20-,22+,26-/m0/s1. The molecule has 6 atom stereocenters. The highest BCUT2D eigenvalue weighted by atomic mass is 16.7. The molecule has 184 valence electrons. The Morgan fingerprint density at radius 2 is 1.83 bits per heavy atom. The molecule has 2 aromatic carbocycles. The first-order valence-corrected chi connectivity index (χ1v) is 11.6. The van der Waals surface area contributed by atoms with Gasteiger partial charge in [-0.1, -0.05) is 24.3 Å². The van der Waals surface area contributed by atoms with Crippen LogP contribution in [0.4, 0.5) is 0 Å². The number of benzene rings is 2. The minimum atomic E-state index is -1.84. The molecule has 1 saturated heterocycles. The molecule has 0 aromatic heterocycles. The Morgan fingerprint density at radius 1 is 1.17 bits per heavy atom. The molecule has 1 aliphatic heterocycles. The summed E-state index contributed by atoms with van der Waals surface area (Å²) in [7, 11) is 0. The smallest absolute Gasteiger partial charge is 0.198 e. The molecule has 0 unspecified atom stereocenters. The molecule has 5 rings (SSSR count). The Hall–Kier alpha value is -2.95. The summed E-state index contributed by atoms with van der Waals surface area (Å²) >= 11 is 0. The van der Waals surface area contributed by atoms with Crippen molar-refractivity contribution in [2.75, 3.05) is 0 Å².